The Labute approximate surface area is 85.4 Å². The van der Waals surface area contributed by atoms with E-state index >= 15 is 0 Å². The standard InChI is InChI=1S/C10H20N2O2/c1-12-6-8(5-9(11)7-12)3-4-10(13)14-2/h8-9H,3-7,11H2,1-2H3. The lowest BCUT2D eigenvalue weighted by molar-refractivity contribution is -0.141. The number of likely N-dealkylation sites (tertiary alicyclic amines) is 1. The maximum atomic E-state index is 11.0. The van der Waals surface area contributed by atoms with Crippen LogP contribution in [0.15, 0.2) is 0 Å². The number of likely N-dealkylation sites (N-methyl/N-ethyl adjacent to an activating group) is 1. The van der Waals surface area contributed by atoms with Gasteiger partial charge >= 0.3 is 5.97 Å². The van der Waals surface area contributed by atoms with Gasteiger partial charge in [-0.15, -0.1) is 0 Å². The third kappa shape index (κ3) is 3.64. The van der Waals surface area contributed by atoms with Crippen LogP contribution < -0.4 is 5.73 Å². The number of ether oxygens (including phenoxy) is 1. The van der Waals surface area contributed by atoms with Gasteiger partial charge in [-0.3, -0.25) is 4.79 Å². The van der Waals surface area contributed by atoms with Crippen LogP contribution in [0, 0.1) is 5.92 Å². The molecule has 4 heteroatoms. The highest BCUT2D eigenvalue weighted by Crippen LogP contribution is 2.19. The van der Waals surface area contributed by atoms with Crippen LogP contribution in [0.2, 0.25) is 0 Å². The minimum absolute atomic E-state index is 0.119. The maximum Gasteiger partial charge on any atom is 0.305 e. The number of rotatable bonds is 3. The minimum Gasteiger partial charge on any atom is -0.469 e. The van der Waals surface area contributed by atoms with Gasteiger partial charge in [0.2, 0.25) is 0 Å². The number of hydrogen-bond donors (Lipinski definition) is 1. The smallest absolute Gasteiger partial charge is 0.305 e. The Morgan fingerprint density at radius 2 is 2.29 bits per heavy atom. The summed E-state index contributed by atoms with van der Waals surface area (Å²) in [6.45, 7) is 2.01. The Morgan fingerprint density at radius 3 is 2.86 bits per heavy atom. The number of esters is 1. The molecular weight excluding hydrogens is 180 g/mol. The zero-order valence-electron chi connectivity index (χ0n) is 9.03. The molecule has 1 saturated heterocycles. The van der Waals surface area contributed by atoms with Crippen LogP contribution in [0.1, 0.15) is 19.3 Å². The summed E-state index contributed by atoms with van der Waals surface area (Å²) in [5, 5.41) is 0. The maximum absolute atomic E-state index is 11.0. The number of methoxy groups -OCH3 is 1. The van der Waals surface area contributed by atoms with Crippen molar-refractivity contribution in [1.29, 1.82) is 0 Å². The van der Waals surface area contributed by atoms with E-state index in [0.717, 1.165) is 25.9 Å². The van der Waals surface area contributed by atoms with E-state index in [9.17, 15) is 4.79 Å². The summed E-state index contributed by atoms with van der Waals surface area (Å²) in [4.78, 5) is 13.2. The molecule has 1 heterocycles. The van der Waals surface area contributed by atoms with E-state index in [0.29, 0.717) is 12.3 Å². The topological polar surface area (TPSA) is 55.6 Å². The van der Waals surface area contributed by atoms with Gasteiger partial charge < -0.3 is 15.4 Å². The summed E-state index contributed by atoms with van der Waals surface area (Å²) in [6.07, 6.45) is 2.44. The summed E-state index contributed by atoms with van der Waals surface area (Å²) in [7, 11) is 3.51. The average Bonchev–Trinajstić information content (AvgIpc) is 2.12. The van der Waals surface area contributed by atoms with E-state index in [1.807, 2.05) is 0 Å². The molecule has 1 rings (SSSR count). The molecule has 0 saturated carbocycles. The van der Waals surface area contributed by atoms with Crippen LogP contribution in [-0.4, -0.2) is 44.2 Å². The van der Waals surface area contributed by atoms with Gasteiger partial charge in [-0.2, -0.15) is 0 Å². The van der Waals surface area contributed by atoms with E-state index < -0.39 is 0 Å². The molecule has 4 nitrogen and oxygen atoms in total. The van der Waals surface area contributed by atoms with Gasteiger partial charge in [0.15, 0.2) is 0 Å². The van der Waals surface area contributed by atoms with Crippen molar-refractivity contribution >= 4 is 5.97 Å². The molecule has 2 N–H and O–H groups in total. The number of piperidine rings is 1. The van der Waals surface area contributed by atoms with Crippen molar-refractivity contribution in [3.63, 3.8) is 0 Å². The molecule has 0 aromatic heterocycles. The second kappa shape index (κ2) is 5.32. The highest BCUT2D eigenvalue weighted by atomic mass is 16.5. The first kappa shape index (κ1) is 11.5. The first-order chi connectivity index (χ1) is 6.61. The van der Waals surface area contributed by atoms with Gasteiger partial charge in [-0.05, 0) is 25.8 Å². The zero-order valence-corrected chi connectivity index (χ0v) is 9.03. The summed E-state index contributed by atoms with van der Waals surface area (Å²) in [6, 6.07) is 0.261. The van der Waals surface area contributed by atoms with Crippen LogP contribution in [-0.2, 0) is 9.53 Å². The van der Waals surface area contributed by atoms with Gasteiger partial charge in [0, 0.05) is 25.6 Å². The monoisotopic (exact) mass is 200 g/mol. The first-order valence-corrected chi connectivity index (χ1v) is 5.12. The second-order valence-electron chi connectivity index (χ2n) is 4.20. The fourth-order valence-electron chi connectivity index (χ4n) is 2.13. The van der Waals surface area contributed by atoms with E-state index in [1.165, 1.54) is 7.11 Å². The molecule has 82 valence electrons. The van der Waals surface area contributed by atoms with Crippen molar-refractivity contribution in [2.45, 2.75) is 25.3 Å². The van der Waals surface area contributed by atoms with E-state index in [1.54, 1.807) is 0 Å². The average molecular weight is 200 g/mol. The van der Waals surface area contributed by atoms with Gasteiger partial charge in [-0.1, -0.05) is 0 Å². The predicted octanol–water partition coefficient (Wildman–Crippen LogP) is 0.219. The molecule has 14 heavy (non-hydrogen) atoms. The quantitative estimate of drug-likeness (QED) is 0.662. The van der Waals surface area contributed by atoms with Crippen LogP contribution in [0.5, 0.6) is 0 Å². The van der Waals surface area contributed by atoms with E-state index in [-0.39, 0.29) is 12.0 Å². The fourth-order valence-corrected chi connectivity index (χ4v) is 2.13. The SMILES string of the molecule is COC(=O)CCC1CC(N)CN(C)C1. The Hall–Kier alpha value is -0.610. The molecular formula is C10H20N2O2. The largest absolute Gasteiger partial charge is 0.469 e. The third-order valence-electron chi connectivity index (χ3n) is 2.74. The van der Waals surface area contributed by atoms with Crippen molar-refractivity contribution in [3.8, 4) is 0 Å². The van der Waals surface area contributed by atoms with Gasteiger partial charge in [0.1, 0.15) is 0 Å². The molecule has 1 aliphatic heterocycles. The molecule has 0 radical (unpaired) electrons. The number of nitrogens with zero attached hydrogens (tertiary/aromatic N) is 1. The lowest BCUT2D eigenvalue weighted by Crippen LogP contribution is -2.45. The molecule has 1 fully saturated rings. The van der Waals surface area contributed by atoms with Crippen LogP contribution in [0.4, 0.5) is 0 Å². The molecule has 0 aliphatic carbocycles. The van der Waals surface area contributed by atoms with Crippen LogP contribution >= 0.6 is 0 Å². The highest BCUT2D eigenvalue weighted by Gasteiger charge is 2.23. The van der Waals surface area contributed by atoms with Crippen molar-refractivity contribution < 1.29 is 9.53 Å². The van der Waals surface area contributed by atoms with Crippen molar-refractivity contribution in [1.82, 2.24) is 4.90 Å². The Balaban J connectivity index is 2.26. The van der Waals surface area contributed by atoms with Crippen molar-refractivity contribution in [2.75, 3.05) is 27.2 Å². The molecule has 0 spiro atoms. The Morgan fingerprint density at radius 1 is 1.57 bits per heavy atom. The van der Waals surface area contributed by atoms with Gasteiger partial charge in [-0.25, -0.2) is 0 Å². The molecule has 1 aliphatic rings. The lowest BCUT2D eigenvalue weighted by atomic mass is 9.91. The highest BCUT2D eigenvalue weighted by molar-refractivity contribution is 5.69. The van der Waals surface area contributed by atoms with Gasteiger partial charge in [0.05, 0.1) is 7.11 Å². The van der Waals surface area contributed by atoms with Gasteiger partial charge in [0.25, 0.3) is 0 Å². The van der Waals surface area contributed by atoms with Crippen molar-refractivity contribution in [3.05, 3.63) is 0 Å². The van der Waals surface area contributed by atoms with E-state index in [4.69, 9.17) is 5.73 Å². The number of nitrogens with two attached hydrogens (primary N) is 1. The number of carbonyl (C=O) groups is 1. The molecule has 0 aromatic rings. The molecule has 2 unspecified atom stereocenters. The zero-order chi connectivity index (χ0) is 10.6. The van der Waals surface area contributed by atoms with E-state index in [2.05, 4.69) is 16.7 Å². The Kier molecular flexibility index (Phi) is 4.35. The Bertz CT molecular complexity index is 187. The normalized spacial score (nSPS) is 28.8. The van der Waals surface area contributed by atoms with Crippen LogP contribution in [0.25, 0.3) is 0 Å². The summed E-state index contributed by atoms with van der Waals surface area (Å²) >= 11 is 0. The number of hydrogen-bond acceptors (Lipinski definition) is 4. The number of carbonyl (C=O) groups excluding carboxylic acids is 1. The molecule has 0 bridgehead atoms. The fraction of sp³-hybridized carbons (Fsp3) is 0.900. The minimum atomic E-state index is -0.119. The lowest BCUT2D eigenvalue weighted by Gasteiger charge is -2.33. The van der Waals surface area contributed by atoms with Crippen LogP contribution in [0.3, 0.4) is 0 Å². The summed E-state index contributed by atoms with van der Waals surface area (Å²) < 4.78 is 4.61. The molecule has 0 aromatic carbocycles. The summed E-state index contributed by atoms with van der Waals surface area (Å²) in [5.41, 5.74) is 5.90. The predicted molar refractivity (Wildman–Crippen MR) is 54.8 cm³/mol. The molecule has 0 amide bonds. The second-order valence-corrected chi connectivity index (χ2v) is 4.20. The molecule has 2 atom stereocenters. The first-order valence-electron chi connectivity index (χ1n) is 5.12. The van der Waals surface area contributed by atoms with Crippen molar-refractivity contribution in [2.24, 2.45) is 11.7 Å². The summed E-state index contributed by atoms with van der Waals surface area (Å²) in [5.74, 6) is 0.426. The third-order valence-corrected chi connectivity index (χ3v) is 2.74.